The van der Waals surface area contributed by atoms with Gasteiger partial charge in [0, 0.05) is 22.5 Å². The molecule has 0 spiro atoms. The SMILES string of the molecule is CC(C)c1ccc2c(Nc3cc(C#Cc4ccc(Oc5ccc(CO)cc5)c(Nc5ncnc6nc(C(C)C)ccc56)c4)ccc3Oc3ccc(CO)cc3)ncnc2n1. The van der Waals surface area contributed by atoms with Gasteiger partial charge < -0.3 is 30.3 Å². The van der Waals surface area contributed by atoms with Gasteiger partial charge in [0.1, 0.15) is 35.8 Å². The van der Waals surface area contributed by atoms with Gasteiger partial charge in [0.15, 0.2) is 22.8 Å². The van der Waals surface area contributed by atoms with E-state index in [-0.39, 0.29) is 25.0 Å². The van der Waals surface area contributed by atoms with Crippen LogP contribution in [-0.2, 0) is 13.2 Å². The van der Waals surface area contributed by atoms with Crippen LogP contribution in [-0.4, -0.2) is 40.1 Å². The third-order valence-electron chi connectivity index (χ3n) is 9.70. The van der Waals surface area contributed by atoms with Crippen molar-refractivity contribution in [3.63, 3.8) is 0 Å². The lowest BCUT2D eigenvalue weighted by Gasteiger charge is -2.15. The Hall–Kier alpha value is -7.46. The quantitative estimate of drug-likeness (QED) is 0.0868. The summed E-state index contributed by atoms with van der Waals surface area (Å²) >= 11 is 0. The first kappa shape index (κ1) is 39.4. The van der Waals surface area contributed by atoms with Crippen molar-refractivity contribution in [1.82, 2.24) is 29.9 Å². The van der Waals surface area contributed by atoms with E-state index in [1.165, 1.54) is 12.7 Å². The van der Waals surface area contributed by atoms with Crippen molar-refractivity contribution in [1.29, 1.82) is 0 Å². The number of aromatic nitrogens is 6. The molecule has 0 saturated heterocycles. The average molecular weight is 795 g/mol. The molecule has 298 valence electrons. The van der Waals surface area contributed by atoms with Gasteiger partial charge in [0.05, 0.1) is 35.4 Å². The third kappa shape index (κ3) is 8.98. The van der Waals surface area contributed by atoms with E-state index in [0.29, 0.717) is 68.4 Å². The van der Waals surface area contributed by atoms with Crippen molar-refractivity contribution in [3.05, 3.63) is 155 Å². The summed E-state index contributed by atoms with van der Waals surface area (Å²) in [6.45, 7) is 8.25. The predicted molar refractivity (Wildman–Crippen MR) is 233 cm³/mol. The lowest BCUT2D eigenvalue weighted by atomic mass is 10.1. The number of ether oxygens (including phenoxy) is 2. The number of pyridine rings is 2. The number of anilines is 4. The second-order valence-electron chi connectivity index (χ2n) is 14.7. The summed E-state index contributed by atoms with van der Waals surface area (Å²) in [5.41, 5.74) is 7.30. The van der Waals surface area contributed by atoms with Crippen LogP contribution in [0.3, 0.4) is 0 Å². The number of nitrogens with one attached hydrogen (secondary N) is 2. The smallest absolute Gasteiger partial charge is 0.164 e. The van der Waals surface area contributed by atoms with Crippen LogP contribution in [0.5, 0.6) is 23.0 Å². The van der Waals surface area contributed by atoms with Crippen LogP contribution in [0.25, 0.3) is 22.1 Å². The largest absolute Gasteiger partial charge is 0.455 e. The first-order valence-corrected chi connectivity index (χ1v) is 19.6. The maximum Gasteiger partial charge on any atom is 0.164 e. The zero-order chi connectivity index (χ0) is 41.6. The van der Waals surface area contributed by atoms with Crippen molar-refractivity contribution in [2.45, 2.75) is 52.7 Å². The molecule has 0 aliphatic heterocycles. The molecule has 4 N–H and O–H groups in total. The van der Waals surface area contributed by atoms with Crippen LogP contribution in [0, 0.1) is 11.8 Å². The minimum atomic E-state index is -0.0610. The van der Waals surface area contributed by atoms with Gasteiger partial charge in [-0.15, -0.1) is 0 Å². The molecule has 0 atom stereocenters. The van der Waals surface area contributed by atoms with E-state index in [0.717, 1.165) is 33.3 Å². The number of hydrogen-bond acceptors (Lipinski definition) is 12. The Kier molecular flexibility index (Phi) is 11.5. The molecule has 8 aromatic rings. The molecule has 4 aromatic heterocycles. The topological polar surface area (TPSA) is 160 Å². The van der Waals surface area contributed by atoms with Crippen LogP contribution in [0.4, 0.5) is 23.0 Å². The second kappa shape index (κ2) is 17.6. The summed E-state index contributed by atoms with van der Waals surface area (Å²) in [5, 5.41) is 27.5. The molecule has 4 aromatic carbocycles. The van der Waals surface area contributed by atoms with Crippen LogP contribution >= 0.6 is 0 Å². The van der Waals surface area contributed by atoms with E-state index >= 15 is 0 Å². The number of aliphatic hydroxyl groups is 2. The van der Waals surface area contributed by atoms with Gasteiger partial charge in [-0.25, -0.2) is 29.9 Å². The molecule has 0 radical (unpaired) electrons. The molecule has 0 aliphatic rings. The van der Waals surface area contributed by atoms with Gasteiger partial charge in [-0.2, -0.15) is 0 Å². The van der Waals surface area contributed by atoms with Crippen molar-refractivity contribution in [2.75, 3.05) is 10.6 Å². The highest BCUT2D eigenvalue weighted by atomic mass is 16.5. The number of hydrogen-bond donors (Lipinski definition) is 4. The minimum Gasteiger partial charge on any atom is -0.455 e. The molecule has 60 heavy (non-hydrogen) atoms. The normalized spacial score (nSPS) is 11.1. The van der Waals surface area contributed by atoms with E-state index in [4.69, 9.17) is 19.4 Å². The second-order valence-corrected chi connectivity index (χ2v) is 14.7. The van der Waals surface area contributed by atoms with Gasteiger partial charge in [-0.1, -0.05) is 63.8 Å². The predicted octanol–water partition coefficient (Wildman–Crippen LogP) is 10.1. The molecule has 0 bridgehead atoms. The molecular weight excluding hydrogens is 753 g/mol. The zero-order valence-electron chi connectivity index (χ0n) is 33.5. The molecule has 0 fully saturated rings. The summed E-state index contributed by atoms with van der Waals surface area (Å²) < 4.78 is 12.7. The van der Waals surface area contributed by atoms with Crippen LogP contribution in [0.15, 0.2) is 122 Å². The number of nitrogens with zero attached hydrogens (tertiary/aromatic N) is 6. The van der Waals surface area contributed by atoms with Crippen LogP contribution in [0.1, 0.15) is 73.2 Å². The van der Waals surface area contributed by atoms with Crippen molar-refractivity contribution >= 4 is 45.1 Å². The Bertz CT molecular complexity index is 2680. The van der Waals surface area contributed by atoms with E-state index < -0.39 is 0 Å². The molecule has 8 rings (SSSR count). The molecule has 0 aliphatic carbocycles. The van der Waals surface area contributed by atoms with Crippen LogP contribution < -0.4 is 20.1 Å². The maximum absolute atomic E-state index is 9.55. The first-order valence-electron chi connectivity index (χ1n) is 19.6. The van der Waals surface area contributed by atoms with E-state index in [9.17, 15) is 10.2 Å². The fraction of sp³-hybridized carbons (Fsp3) is 0.167. The molecular formula is C48H42N8O4. The van der Waals surface area contributed by atoms with Gasteiger partial charge in [-0.3, -0.25) is 0 Å². The lowest BCUT2D eigenvalue weighted by Crippen LogP contribution is -2.01. The fourth-order valence-electron chi connectivity index (χ4n) is 6.32. The number of rotatable bonds is 12. The fourth-order valence-corrected chi connectivity index (χ4v) is 6.32. The monoisotopic (exact) mass is 794 g/mol. The Labute approximate surface area is 347 Å². The molecule has 0 amide bonds. The summed E-state index contributed by atoms with van der Waals surface area (Å²) in [6, 6.07) is 33.8. The lowest BCUT2D eigenvalue weighted by molar-refractivity contribution is 0.281. The molecule has 12 heteroatoms. The number of aliphatic hydroxyl groups excluding tert-OH is 2. The summed E-state index contributed by atoms with van der Waals surface area (Å²) in [7, 11) is 0. The first-order chi connectivity index (χ1) is 29.2. The highest BCUT2D eigenvalue weighted by molar-refractivity contribution is 5.90. The third-order valence-corrected chi connectivity index (χ3v) is 9.70. The minimum absolute atomic E-state index is 0.0610. The molecule has 12 nitrogen and oxygen atoms in total. The van der Waals surface area contributed by atoms with Gasteiger partial charge in [-0.05, 0) is 108 Å². The summed E-state index contributed by atoms with van der Waals surface area (Å²) in [4.78, 5) is 27.5. The number of benzene rings is 4. The van der Waals surface area contributed by atoms with E-state index in [1.807, 2.05) is 109 Å². The molecule has 0 unspecified atom stereocenters. The Morgan fingerprint density at radius 1 is 0.517 bits per heavy atom. The Morgan fingerprint density at radius 3 is 1.32 bits per heavy atom. The van der Waals surface area contributed by atoms with Crippen molar-refractivity contribution < 1.29 is 19.7 Å². The molecule has 0 saturated carbocycles. The Morgan fingerprint density at radius 2 is 0.933 bits per heavy atom. The van der Waals surface area contributed by atoms with Gasteiger partial charge in [0.25, 0.3) is 0 Å². The number of fused-ring (bicyclic) bond motifs is 2. The van der Waals surface area contributed by atoms with Crippen molar-refractivity contribution in [3.8, 4) is 34.8 Å². The van der Waals surface area contributed by atoms with Gasteiger partial charge >= 0.3 is 0 Å². The van der Waals surface area contributed by atoms with Crippen molar-refractivity contribution in [2.24, 2.45) is 0 Å². The molecule has 4 heterocycles. The summed E-state index contributed by atoms with van der Waals surface area (Å²) in [5.74, 6) is 10.6. The highest BCUT2D eigenvalue weighted by Gasteiger charge is 2.15. The summed E-state index contributed by atoms with van der Waals surface area (Å²) in [6.07, 6.45) is 2.98. The van der Waals surface area contributed by atoms with E-state index in [2.05, 4.69) is 70.1 Å². The van der Waals surface area contributed by atoms with Crippen LogP contribution in [0.2, 0.25) is 0 Å². The maximum atomic E-state index is 9.55. The van der Waals surface area contributed by atoms with E-state index in [1.54, 1.807) is 0 Å². The highest BCUT2D eigenvalue weighted by Crippen LogP contribution is 2.36. The zero-order valence-corrected chi connectivity index (χ0v) is 33.5. The Balaban J connectivity index is 1.15. The average Bonchev–Trinajstić information content (AvgIpc) is 3.27. The standard InChI is InChI=1S/C48H42N8O4/c1-29(2)39-19-17-37-45(53-39)49-27-51-47(37)55-41-23-31(11-21-43(41)59-35-13-7-33(25-57)8-14-35)5-6-32-12-22-44(60-36-15-9-34(26-58)10-16-36)42(24-32)56-48-38-18-20-40(30(3)4)54-46(38)50-28-52-48/h7-24,27-30,57-58H,25-26H2,1-4H3,(H,49,51,53,55)(H,50,52,54,56). The van der Waals surface area contributed by atoms with Gasteiger partial charge in [0.2, 0.25) is 0 Å².